The fourth-order valence-electron chi connectivity index (χ4n) is 3.10. The van der Waals surface area contributed by atoms with Crippen LogP contribution in [0.2, 0.25) is 5.02 Å². The van der Waals surface area contributed by atoms with Crippen molar-refractivity contribution in [3.63, 3.8) is 0 Å². The molecule has 1 aliphatic heterocycles. The molecule has 1 aliphatic carbocycles. The molecule has 1 saturated carbocycles. The van der Waals surface area contributed by atoms with Crippen molar-refractivity contribution in [3.8, 4) is 0 Å². The summed E-state index contributed by atoms with van der Waals surface area (Å²) in [6.07, 6.45) is -2.18. The second-order valence-corrected chi connectivity index (χ2v) is 6.28. The first-order valence-corrected chi connectivity index (χ1v) is 7.65. The zero-order chi connectivity index (χ0) is 15.0. The molecule has 0 aromatic heterocycles. The monoisotopic (exact) mass is 390 g/mol. The Labute approximate surface area is 151 Å². The molecular weight excluding hydrogens is 372 g/mol. The van der Waals surface area contributed by atoms with Crippen LogP contribution >= 0.6 is 36.4 Å². The maximum atomic E-state index is 13.0. The van der Waals surface area contributed by atoms with Crippen LogP contribution < -0.4 is 5.32 Å². The van der Waals surface area contributed by atoms with Crippen molar-refractivity contribution in [1.29, 1.82) is 0 Å². The second-order valence-electron chi connectivity index (χ2n) is 5.84. The van der Waals surface area contributed by atoms with Crippen LogP contribution in [0.25, 0.3) is 0 Å². The van der Waals surface area contributed by atoms with E-state index in [1.807, 2.05) is 0 Å². The van der Waals surface area contributed by atoms with Gasteiger partial charge in [-0.05, 0) is 42.5 Å². The normalized spacial score (nSPS) is 20.3. The van der Waals surface area contributed by atoms with Gasteiger partial charge >= 0.3 is 6.18 Å². The van der Waals surface area contributed by atoms with Gasteiger partial charge in [0.1, 0.15) is 0 Å². The third-order valence-corrected chi connectivity index (χ3v) is 4.42. The average molecular weight is 392 g/mol. The van der Waals surface area contributed by atoms with Crippen LogP contribution in [0.15, 0.2) is 18.2 Å². The number of alkyl halides is 3. The molecule has 1 heterocycles. The Bertz CT molecular complexity index is 515. The zero-order valence-corrected chi connectivity index (χ0v) is 14.8. The van der Waals surface area contributed by atoms with Gasteiger partial charge in [0.15, 0.2) is 0 Å². The van der Waals surface area contributed by atoms with Gasteiger partial charge in [-0.1, -0.05) is 11.6 Å². The lowest BCUT2D eigenvalue weighted by molar-refractivity contribution is -0.137. The van der Waals surface area contributed by atoms with E-state index in [2.05, 4.69) is 10.2 Å². The van der Waals surface area contributed by atoms with Crippen LogP contribution in [0.4, 0.5) is 13.2 Å². The van der Waals surface area contributed by atoms with E-state index in [1.165, 1.54) is 6.07 Å². The predicted molar refractivity (Wildman–Crippen MR) is 90.9 cm³/mol. The third-order valence-electron chi connectivity index (χ3n) is 4.20. The second kappa shape index (κ2) is 8.26. The summed E-state index contributed by atoms with van der Waals surface area (Å²) in [4.78, 5) is 2.29. The summed E-state index contributed by atoms with van der Waals surface area (Å²) in [5.74, 6) is 0.461. The van der Waals surface area contributed by atoms with Crippen molar-refractivity contribution in [1.82, 2.24) is 10.2 Å². The van der Waals surface area contributed by atoms with Gasteiger partial charge in [-0.25, -0.2) is 0 Å². The van der Waals surface area contributed by atoms with E-state index in [4.69, 9.17) is 11.6 Å². The van der Waals surface area contributed by atoms with Crippen LogP contribution in [0, 0.1) is 5.92 Å². The maximum absolute atomic E-state index is 13.0. The number of rotatable bonds is 3. The summed E-state index contributed by atoms with van der Waals surface area (Å²) in [6, 6.07) is 4.04. The van der Waals surface area contributed by atoms with Gasteiger partial charge in [-0.2, -0.15) is 13.2 Å². The molecule has 1 saturated heterocycles. The van der Waals surface area contributed by atoms with Gasteiger partial charge in [0.25, 0.3) is 0 Å². The van der Waals surface area contributed by atoms with Crippen molar-refractivity contribution in [3.05, 3.63) is 34.3 Å². The van der Waals surface area contributed by atoms with Crippen LogP contribution in [0.5, 0.6) is 0 Å². The number of hydrogen-bond acceptors (Lipinski definition) is 2. The number of halogens is 6. The molecule has 0 spiro atoms. The Morgan fingerprint density at radius 1 is 1.09 bits per heavy atom. The number of nitrogens with one attached hydrogen (secondary N) is 1. The Morgan fingerprint density at radius 3 is 2.22 bits per heavy atom. The Balaban J connectivity index is 0.00000132. The van der Waals surface area contributed by atoms with E-state index in [9.17, 15) is 13.2 Å². The molecule has 2 nitrogen and oxygen atoms in total. The molecule has 8 heteroatoms. The number of hydrogen-bond donors (Lipinski definition) is 1. The molecule has 0 amide bonds. The topological polar surface area (TPSA) is 15.3 Å². The zero-order valence-electron chi connectivity index (χ0n) is 12.4. The van der Waals surface area contributed by atoms with Crippen LogP contribution in [0.3, 0.4) is 0 Å². The average Bonchev–Trinajstić information content (AvgIpc) is 3.23. The van der Waals surface area contributed by atoms with Gasteiger partial charge in [0, 0.05) is 37.2 Å². The molecule has 1 atom stereocenters. The molecule has 2 aliphatic rings. The van der Waals surface area contributed by atoms with E-state index in [-0.39, 0.29) is 35.9 Å². The van der Waals surface area contributed by atoms with E-state index in [1.54, 1.807) is 6.07 Å². The van der Waals surface area contributed by atoms with Crippen LogP contribution in [-0.2, 0) is 6.18 Å². The molecule has 0 unspecified atom stereocenters. The quantitative estimate of drug-likeness (QED) is 0.812. The first kappa shape index (κ1) is 20.8. The number of piperazine rings is 1. The summed E-state index contributed by atoms with van der Waals surface area (Å²) < 4.78 is 39.0. The molecule has 0 radical (unpaired) electrons. The summed E-state index contributed by atoms with van der Waals surface area (Å²) in [5.41, 5.74) is 0.0602. The van der Waals surface area contributed by atoms with E-state index in [0.29, 0.717) is 11.5 Å². The highest BCUT2D eigenvalue weighted by atomic mass is 35.5. The first-order valence-electron chi connectivity index (χ1n) is 7.27. The molecule has 2 fully saturated rings. The summed E-state index contributed by atoms with van der Waals surface area (Å²) in [7, 11) is 0. The van der Waals surface area contributed by atoms with Gasteiger partial charge in [-0.3, -0.25) is 4.90 Å². The minimum absolute atomic E-state index is 0. The molecule has 3 rings (SSSR count). The summed E-state index contributed by atoms with van der Waals surface area (Å²) in [5, 5.41) is 3.45. The minimum atomic E-state index is -4.35. The van der Waals surface area contributed by atoms with Gasteiger partial charge in [0.2, 0.25) is 0 Å². The summed E-state index contributed by atoms with van der Waals surface area (Å²) in [6.45, 7) is 3.51. The first-order chi connectivity index (χ1) is 9.95. The lowest BCUT2D eigenvalue weighted by atomic mass is 9.97. The smallest absolute Gasteiger partial charge is 0.314 e. The molecule has 23 heavy (non-hydrogen) atoms. The van der Waals surface area contributed by atoms with Gasteiger partial charge in [-0.15, -0.1) is 24.8 Å². The number of benzene rings is 1. The van der Waals surface area contributed by atoms with E-state index in [0.717, 1.165) is 45.1 Å². The van der Waals surface area contributed by atoms with Crippen molar-refractivity contribution >= 4 is 36.4 Å². The Kier molecular flexibility index (Phi) is 7.48. The lowest BCUT2D eigenvalue weighted by Gasteiger charge is -2.35. The van der Waals surface area contributed by atoms with Gasteiger partial charge < -0.3 is 5.32 Å². The van der Waals surface area contributed by atoms with Crippen LogP contribution in [-0.4, -0.2) is 31.1 Å². The molecular formula is C15H20Cl3F3N2. The van der Waals surface area contributed by atoms with Crippen molar-refractivity contribution in [2.24, 2.45) is 5.92 Å². The van der Waals surface area contributed by atoms with E-state index < -0.39 is 11.7 Å². The van der Waals surface area contributed by atoms with Crippen molar-refractivity contribution in [2.75, 3.05) is 26.2 Å². The molecule has 1 N–H and O–H groups in total. The number of nitrogens with zero attached hydrogens (tertiary/aromatic N) is 1. The summed E-state index contributed by atoms with van der Waals surface area (Å²) >= 11 is 5.93. The Morgan fingerprint density at radius 2 is 1.70 bits per heavy atom. The highest BCUT2D eigenvalue weighted by Gasteiger charge is 2.38. The highest BCUT2D eigenvalue weighted by molar-refractivity contribution is 6.30. The lowest BCUT2D eigenvalue weighted by Crippen LogP contribution is -2.45. The van der Waals surface area contributed by atoms with Gasteiger partial charge in [0.05, 0.1) is 5.56 Å². The molecule has 1 aromatic rings. The Hall–Kier alpha value is -0.200. The minimum Gasteiger partial charge on any atom is -0.314 e. The van der Waals surface area contributed by atoms with Crippen molar-refractivity contribution in [2.45, 2.75) is 25.1 Å². The molecule has 132 valence electrons. The molecule has 0 bridgehead atoms. The fourth-order valence-corrected chi connectivity index (χ4v) is 3.34. The highest BCUT2D eigenvalue weighted by Crippen LogP contribution is 2.46. The van der Waals surface area contributed by atoms with E-state index >= 15 is 0 Å². The fraction of sp³-hybridized carbons (Fsp3) is 0.600. The SMILES string of the molecule is Cl.Cl.FC(F)(F)c1cc(Cl)cc([C@H](C2CC2)N2CCNCC2)c1. The standard InChI is InChI=1S/C15H18ClF3N2.2ClH/c16-13-8-11(7-12(9-13)15(17,18)19)14(10-1-2-10)21-5-3-20-4-6-21;;/h7-10,14,20H,1-6H2;2*1H/t14-;;/m0../s1. The maximum Gasteiger partial charge on any atom is 0.416 e. The predicted octanol–water partition coefficient (Wildman–Crippen LogP) is 4.56. The van der Waals surface area contributed by atoms with Crippen molar-refractivity contribution < 1.29 is 13.2 Å². The molecule has 1 aromatic carbocycles. The largest absolute Gasteiger partial charge is 0.416 e. The van der Waals surface area contributed by atoms with Crippen LogP contribution in [0.1, 0.15) is 30.0 Å². The third kappa shape index (κ3) is 5.13.